The summed E-state index contributed by atoms with van der Waals surface area (Å²) in [5, 5.41) is 4.40. The monoisotopic (exact) mass is 190 g/mol. The van der Waals surface area contributed by atoms with Gasteiger partial charge in [-0.05, 0) is 0 Å². The number of halogens is 1. The van der Waals surface area contributed by atoms with Crippen molar-refractivity contribution in [2.45, 2.75) is 5.88 Å². The predicted molar refractivity (Wildman–Crippen MR) is 44.7 cm³/mol. The first-order valence-electron chi connectivity index (χ1n) is 3.02. The van der Waals surface area contributed by atoms with Crippen LogP contribution in [-0.2, 0) is 10.7 Å². The molecular formula is C6H7ClN2OS. The maximum Gasteiger partial charge on any atom is 0.239 e. The van der Waals surface area contributed by atoms with E-state index in [1.807, 2.05) is 5.38 Å². The number of nitrogens with one attached hydrogen (secondary N) is 1. The molecule has 1 aliphatic rings. The summed E-state index contributed by atoms with van der Waals surface area (Å²) in [5.41, 5.74) is 2.74. The number of carbonyl (C=O) groups excluding carboxylic acids is 1. The average Bonchev–Trinajstić information content (AvgIpc) is 2.66. The van der Waals surface area contributed by atoms with Gasteiger partial charge in [0.25, 0.3) is 0 Å². The summed E-state index contributed by atoms with van der Waals surface area (Å²) in [6.07, 6.45) is 0. The third-order valence-electron chi connectivity index (χ3n) is 0.941. The normalized spacial score (nSPS) is 13.0. The van der Waals surface area contributed by atoms with Crippen molar-refractivity contribution in [1.82, 2.24) is 10.3 Å². The van der Waals surface area contributed by atoms with E-state index >= 15 is 0 Å². The van der Waals surface area contributed by atoms with E-state index in [4.69, 9.17) is 11.6 Å². The lowest BCUT2D eigenvalue weighted by Gasteiger charge is -1.75. The smallest absolute Gasteiger partial charge is 0.239 e. The fourth-order valence-electron chi connectivity index (χ4n) is 0.340. The number of alkyl halides is 1. The summed E-state index contributed by atoms with van der Waals surface area (Å²) in [6.45, 7) is 0.597. The summed E-state index contributed by atoms with van der Waals surface area (Å²) in [7, 11) is 0. The number of amides is 1. The fourth-order valence-corrected chi connectivity index (χ4v) is 1.14. The van der Waals surface area contributed by atoms with Crippen molar-refractivity contribution >= 4 is 28.8 Å². The molecule has 2 heterocycles. The Bertz CT molecular complexity index is 218. The molecule has 60 valence electrons. The van der Waals surface area contributed by atoms with Gasteiger partial charge in [-0.2, -0.15) is 0 Å². The minimum absolute atomic E-state index is 0.167. The highest BCUT2D eigenvalue weighted by Crippen LogP contribution is 2.02. The van der Waals surface area contributed by atoms with Crippen molar-refractivity contribution < 1.29 is 4.79 Å². The van der Waals surface area contributed by atoms with Gasteiger partial charge in [0.1, 0.15) is 0 Å². The lowest BCUT2D eigenvalue weighted by Crippen LogP contribution is -1.70. The van der Waals surface area contributed by atoms with E-state index in [9.17, 15) is 4.79 Å². The molecule has 0 atom stereocenters. The molecule has 1 amide bonds. The SMILES string of the molecule is ClCc1cscn1.O=C1CN1. The van der Waals surface area contributed by atoms with E-state index in [0.717, 1.165) is 5.69 Å². The summed E-state index contributed by atoms with van der Waals surface area (Å²) in [6, 6.07) is 0. The number of hydrogen-bond acceptors (Lipinski definition) is 3. The summed E-state index contributed by atoms with van der Waals surface area (Å²) >= 11 is 6.98. The molecule has 1 fully saturated rings. The second-order valence-electron chi connectivity index (χ2n) is 1.89. The van der Waals surface area contributed by atoms with Crippen molar-refractivity contribution in [3.63, 3.8) is 0 Å². The molecule has 0 bridgehead atoms. The molecule has 0 aliphatic carbocycles. The minimum Gasteiger partial charge on any atom is -0.346 e. The first kappa shape index (κ1) is 8.49. The highest BCUT2D eigenvalue weighted by molar-refractivity contribution is 7.07. The van der Waals surface area contributed by atoms with Crippen molar-refractivity contribution in [1.29, 1.82) is 0 Å². The van der Waals surface area contributed by atoms with Crippen LogP contribution in [0.3, 0.4) is 0 Å². The second kappa shape index (κ2) is 4.31. The molecule has 0 aromatic carbocycles. The lowest BCUT2D eigenvalue weighted by atomic mass is 10.6. The van der Waals surface area contributed by atoms with Gasteiger partial charge < -0.3 is 5.32 Å². The van der Waals surface area contributed by atoms with Crippen molar-refractivity contribution in [3.05, 3.63) is 16.6 Å². The Hall–Kier alpha value is -0.610. The van der Waals surface area contributed by atoms with E-state index in [-0.39, 0.29) is 5.91 Å². The Morgan fingerprint density at radius 1 is 1.82 bits per heavy atom. The summed E-state index contributed by atoms with van der Waals surface area (Å²) in [5.74, 6) is 0.698. The molecule has 2 rings (SSSR count). The van der Waals surface area contributed by atoms with Crippen LogP contribution in [0.5, 0.6) is 0 Å². The van der Waals surface area contributed by atoms with E-state index in [0.29, 0.717) is 12.4 Å². The van der Waals surface area contributed by atoms with Gasteiger partial charge in [-0.15, -0.1) is 22.9 Å². The zero-order chi connectivity index (χ0) is 8.10. The van der Waals surface area contributed by atoms with Crippen molar-refractivity contribution in [3.8, 4) is 0 Å². The van der Waals surface area contributed by atoms with Crippen LogP contribution in [0.15, 0.2) is 10.9 Å². The maximum absolute atomic E-state index is 9.44. The van der Waals surface area contributed by atoms with Gasteiger partial charge in [-0.3, -0.25) is 4.79 Å². The Labute approximate surface area is 73.4 Å². The molecule has 3 nitrogen and oxygen atoms in total. The van der Waals surface area contributed by atoms with Gasteiger partial charge in [0.05, 0.1) is 23.6 Å². The zero-order valence-electron chi connectivity index (χ0n) is 5.71. The van der Waals surface area contributed by atoms with Crippen LogP contribution in [0.2, 0.25) is 0 Å². The molecule has 1 N–H and O–H groups in total. The molecule has 0 saturated carbocycles. The maximum atomic E-state index is 9.44. The van der Waals surface area contributed by atoms with Gasteiger partial charge >= 0.3 is 0 Å². The molecule has 1 aliphatic heterocycles. The highest BCUT2D eigenvalue weighted by Gasteiger charge is 2.10. The number of thiazole rings is 1. The summed E-state index contributed by atoms with van der Waals surface area (Å²) in [4.78, 5) is 13.4. The number of rotatable bonds is 1. The van der Waals surface area contributed by atoms with Crippen molar-refractivity contribution in [2.75, 3.05) is 6.54 Å². The molecule has 1 saturated heterocycles. The van der Waals surface area contributed by atoms with E-state index in [1.165, 1.54) is 0 Å². The van der Waals surface area contributed by atoms with Crippen molar-refractivity contribution in [2.24, 2.45) is 0 Å². The molecule has 1 aromatic heterocycles. The predicted octanol–water partition coefficient (Wildman–Crippen LogP) is 0.998. The molecule has 0 spiro atoms. The van der Waals surface area contributed by atoms with E-state index < -0.39 is 0 Å². The van der Waals surface area contributed by atoms with Gasteiger partial charge in [0.2, 0.25) is 5.91 Å². The Morgan fingerprint density at radius 3 is 2.64 bits per heavy atom. The van der Waals surface area contributed by atoms with Crippen LogP contribution >= 0.6 is 22.9 Å². The van der Waals surface area contributed by atoms with Gasteiger partial charge in [-0.25, -0.2) is 4.98 Å². The Balaban J connectivity index is 0.000000128. The van der Waals surface area contributed by atoms with E-state index in [2.05, 4.69) is 10.3 Å². The zero-order valence-corrected chi connectivity index (χ0v) is 7.28. The van der Waals surface area contributed by atoms with Gasteiger partial charge in [-0.1, -0.05) is 0 Å². The third kappa shape index (κ3) is 3.95. The number of nitrogens with zero attached hydrogens (tertiary/aromatic N) is 1. The molecule has 11 heavy (non-hydrogen) atoms. The largest absolute Gasteiger partial charge is 0.346 e. The minimum atomic E-state index is 0.167. The molecule has 1 aromatic rings. The average molecular weight is 191 g/mol. The van der Waals surface area contributed by atoms with E-state index in [1.54, 1.807) is 16.8 Å². The Kier molecular flexibility index (Phi) is 3.32. The van der Waals surface area contributed by atoms with Crippen LogP contribution in [0, 0.1) is 0 Å². The fraction of sp³-hybridized carbons (Fsp3) is 0.333. The van der Waals surface area contributed by atoms with Crippen LogP contribution in [0.4, 0.5) is 0 Å². The quantitative estimate of drug-likeness (QED) is 0.531. The third-order valence-corrected chi connectivity index (χ3v) is 1.85. The van der Waals surface area contributed by atoms with Gasteiger partial charge in [0, 0.05) is 5.38 Å². The first-order chi connectivity index (χ1) is 5.33. The Morgan fingerprint density at radius 2 is 2.45 bits per heavy atom. The lowest BCUT2D eigenvalue weighted by molar-refractivity contribution is -0.110. The molecule has 5 heteroatoms. The van der Waals surface area contributed by atoms with Crippen LogP contribution in [0.25, 0.3) is 0 Å². The van der Waals surface area contributed by atoms with Crippen LogP contribution < -0.4 is 5.32 Å². The standard InChI is InChI=1S/C4H4ClNS.C2H3NO/c5-1-4-2-7-3-6-4;4-2-1-3-2/h2-3H,1H2;1H2,(H,3,4). The molecule has 0 radical (unpaired) electrons. The second-order valence-corrected chi connectivity index (χ2v) is 2.88. The van der Waals surface area contributed by atoms with Gasteiger partial charge in [0.15, 0.2) is 0 Å². The number of hydrogen-bond donors (Lipinski definition) is 1. The molecular weight excluding hydrogens is 184 g/mol. The summed E-state index contributed by atoms with van der Waals surface area (Å²) < 4.78 is 0. The number of aromatic nitrogens is 1. The van der Waals surface area contributed by atoms with Crippen LogP contribution in [0.1, 0.15) is 5.69 Å². The first-order valence-corrected chi connectivity index (χ1v) is 4.50. The highest BCUT2D eigenvalue weighted by atomic mass is 35.5. The molecule has 0 unspecified atom stereocenters. The topological polar surface area (TPSA) is 51.9 Å². The van der Waals surface area contributed by atoms with Crippen LogP contribution in [-0.4, -0.2) is 17.4 Å². The number of carbonyl (C=O) groups is 1.